The topological polar surface area (TPSA) is 97.0 Å². The average molecular weight is 420 g/mol. The average Bonchev–Trinajstić information content (AvgIpc) is 2.70. The van der Waals surface area contributed by atoms with Crippen LogP contribution in [0.25, 0.3) is 0 Å². The van der Waals surface area contributed by atoms with E-state index in [1.807, 2.05) is 30.3 Å². The fraction of sp³-hybridized carbons (Fsp3) is 0.591. The quantitative estimate of drug-likeness (QED) is 0.674. The van der Waals surface area contributed by atoms with Crippen molar-refractivity contribution in [3.05, 3.63) is 30.3 Å². The van der Waals surface area contributed by atoms with Crippen molar-refractivity contribution in [3.8, 4) is 5.75 Å². The second kappa shape index (κ2) is 11.4. The molecule has 1 saturated heterocycles. The van der Waals surface area contributed by atoms with Crippen LogP contribution in [0.4, 0.5) is 4.79 Å². The molecule has 1 aromatic carbocycles. The van der Waals surface area contributed by atoms with Gasteiger partial charge in [0.2, 0.25) is 11.8 Å². The van der Waals surface area contributed by atoms with E-state index in [0.717, 1.165) is 18.6 Å². The van der Waals surface area contributed by atoms with Crippen molar-refractivity contribution in [3.63, 3.8) is 0 Å². The summed E-state index contributed by atoms with van der Waals surface area (Å²) in [6, 6.07) is 9.40. The Morgan fingerprint density at radius 3 is 2.37 bits per heavy atom. The van der Waals surface area contributed by atoms with Crippen molar-refractivity contribution in [2.75, 3.05) is 32.8 Å². The molecule has 166 valence electrons. The largest absolute Gasteiger partial charge is 0.493 e. The smallest absolute Gasteiger partial charge is 0.408 e. The van der Waals surface area contributed by atoms with Crippen molar-refractivity contribution < 1.29 is 23.9 Å². The number of carbonyl (C=O) groups is 3. The number of nitrogens with zero attached hydrogens (tertiary/aromatic N) is 1. The highest BCUT2D eigenvalue weighted by Crippen LogP contribution is 2.16. The monoisotopic (exact) mass is 419 g/mol. The van der Waals surface area contributed by atoms with Crippen LogP contribution in [0.15, 0.2) is 30.3 Å². The van der Waals surface area contributed by atoms with E-state index in [0.29, 0.717) is 38.6 Å². The van der Waals surface area contributed by atoms with E-state index in [-0.39, 0.29) is 18.4 Å². The van der Waals surface area contributed by atoms with Crippen LogP contribution in [0.3, 0.4) is 0 Å². The number of ether oxygens (including phenoxy) is 2. The van der Waals surface area contributed by atoms with E-state index in [2.05, 4.69) is 10.6 Å². The molecule has 1 aliphatic rings. The van der Waals surface area contributed by atoms with Crippen LogP contribution in [0.5, 0.6) is 5.75 Å². The lowest BCUT2D eigenvalue weighted by Gasteiger charge is -2.32. The summed E-state index contributed by atoms with van der Waals surface area (Å²) < 4.78 is 10.7. The van der Waals surface area contributed by atoms with E-state index >= 15 is 0 Å². The highest BCUT2D eigenvalue weighted by atomic mass is 16.6. The number of amides is 3. The van der Waals surface area contributed by atoms with Crippen LogP contribution in [0.1, 0.15) is 40.0 Å². The number of hydrogen-bond acceptors (Lipinski definition) is 5. The predicted molar refractivity (Wildman–Crippen MR) is 113 cm³/mol. The summed E-state index contributed by atoms with van der Waals surface area (Å²) in [5.74, 6) is 0.933. The molecule has 1 aliphatic heterocycles. The lowest BCUT2D eigenvalue weighted by atomic mass is 9.96. The van der Waals surface area contributed by atoms with Crippen molar-refractivity contribution in [2.45, 2.75) is 45.6 Å². The fourth-order valence-corrected chi connectivity index (χ4v) is 3.09. The molecule has 0 atom stereocenters. The SMILES string of the molecule is CC(C)(C)OC(=O)NCC(=O)N1CCC(CNC(=O)CCOc2ccccc2)CC1. The molecule has 0 saturated carbocycles. The minimum atomic E-state index is -0.594. The molecule has 8 heteroatoms. The molecule has 0 aromatic heterocycles. The third-order valence-electron chi connectivity index (χ3n) is 4.68. The van der Waals surface area contributed by atoms with E-state index in [1.54, 1.807) is 25.7 Å². The Balaban J connectivity index is 1.57. The van der Waals surface area contributed by atoms with Gasteiger partial charge in [-0.1, -0.05) is 18.2 Å². The Hall–Kier alpha value is -2.77. The van der Waals surface area contributed by atoms with Gasteiger partial charge in [-0.2, -0.15) is 0 Å². The van der Waals surface area contributed by atoms with Gasteiger partial charge in [0.15, 0.2) is 0 Å². The minimum Gasteiger partial charge on any atom is -0.493 e. The van der Waals surface area contributed by atoms with Gasteiger partial charge in [0.1, 0.15) is 17.9 Å². The highest BCUT2D eigenvalue weighted by Gasteiger charge is 2.24. The van der Waals surface area contributed by atoms with Gasteiger partial charge in [-0.25, -0.2) is 4.79 Å². The molecule has 30 heavy (non-hydrogen) atoms. The van der Waals surface area contributed by atoms with Gasteiger partial charge in [0.05, 0.1) is 13.0 Å². The second-order valence-corrected chi connectivity index (χ2v) is 8.40. The van der Waals surface area contributed by atoms with Crippen LogP contribution in [0, 0.1) is 5.92 Å². The zero-order valence-corrected chi connectivity index (χ0v) is 18.1. The first kappa shape index (κ1) is 23.5. The summed E-state index contributed by atoms with van der Waals surface area (Å²) in [5, 5.41) is 5.45. The van der Waals surface area contributed by atoms with Crippen LogP contribution >= 0.6 is 0 Å². The second-order valence-electron chi connectivity index (χ2n) is 8.40. The van der Waals surface area contributed by atoms with Gasteiger partial charge < -0.3 is 25.0 Å². The molecular weight excluding hydrogens is 386 g/mol. The normalized spacial score (nSPS) is 14.7. The van der Waals surface area contributed by atoms with E-state index in [1.165, 1.54) is 0 Å². The summed E-state index contributed by atoms with van der Waals surface area (Å²) in [6.45, 7) is 7.42. The Kier molecular flexibility index (Phi) is 8.95. The summed E-state index contributed by atoms with van der Waals surface area (Å²) in [7, 11) is 0. The van der Waals surface area contributed by atoms with Crippen LogP contribution in [-0.4, -0.2) is 61.2 Å². The Bertz CT molecular complexity index is 694. The Labute approximate surface area is 178 Å². The molecule has 8 nitrogen and oxygen atoms in total. The molecular formula is C22H33N3O5. The van der Waals surface area contributed by atoms with Gasteiger partial charge in [-0.3, -0.25) is 9.59 Å². The molecule has 0 aliphatic carbocycles. The zero-order chi connectivity index (χ0) is 22.0. The Morgan fingerprint density at radius 2 is 1.73 bits per heavy atom. The molecule has 1 aromatic rings. The number of para-hydroxylation sites is 1. The lowest BCUT2D eigenvalue weighted by molar-refractivity contribution is -0.132. The van der Waals surface area contributed by atoms with Crippen molar-refractivity contribution in [1.82, 2.24) is 15.5 Å². The maximum Gasteiger partial charge on any atom is 0.408 e. The van der Waals surface area contributed by atoms with Crippen molar-refractivity contribution in [2.24, 2.45) is 5.92 Å². The number of nitrogens with one attached hydrogen (secondary N) is 2. The summed E-state index contributed by atoms with van der Waals surface area (Å²) >= 11 is 0. The number of rotatable bonds is 8. The number of carbonyl (C=O) groups excluding carboxylic acids is 3. The van der Waals surface area contributed by atoms with Gasteiger partial charge in [-0.05, 0) is 51.7 Å². The maximum absolute atomic E-state index is 12.2. The number of alkyl carbamates (subject to hydrolysis) is 1. The Morgan fingerprint density at radius 1 is 1.07 bits per heavy atom. The molecule has 3 amide bonds. The molecule has 2 rings (SSSR count). The first-order valence-corrected chi connectivity index (χ1v) is 10.4. The first-order chi connectivity index (χ1) is 14.2. The highest BCUT2D eigenvalue weighted by molar-refractivity contribution is 5.82. The van der Waals surface area contributed by atoms with E-state index < -0.39 is 11.7 Å². The molecule has 1 fully saturated rings. The van der Waals surface area contributed by atoms with Gasteiger partial charge in [-0.15, -0.1) is 0 Å². The number of piperidine rings is 1. The van der Waals surface area contributed by atoms with Gasteiger partial charge >= 0.3 is 6.09 Å². The van der Waals surface area contributed by atoms with E-state index in [4.69, 9.17) is 9.47 Å². The molecule has 2 N–H and O–H groups in total. The molecule has 0 spiro atoms. The fourth-order valence-electron chi connectivity index (χ4n) is 3.09. The molecule has 1 heterocycles. The number of likely N-dealkylation sites (tertiary alicyclic amines) is 1. The van der Waals surface area contributed by atoms with Gasteiger partial charge in [0, 0.05) is 19.6 Å². The zero-order valence-electron chi connectivity index (χ0n) is 18.1. The summed E-state index contributed by atoms with van der Waals surface area (Å²) in [4.78, 5) is 37.6. The number of benzene rings is 1. The lowest BCUT2D eigenvalue weighted by Crippen LogP contribution is -2.46. The molecule has 0 radical (unpaired) electrons. The summed E-state index contributed by atoms with van der Waals surface area (Å²) in [6.07, 6.45) is 1.35. The maximum atomic E-state index is 12.2. The molecule has 0 bridgehead atoms. The standard InChI is InChI=1S/C22H33N3O5/c1-22(2,3)30-21(28)24-16-20(27)25-12-9-17(10-13-25)15-23-19(26)11-14-29-18-7-5-4-6-8-18/h4-8,17H,9-16H2,1-3H3,(H,23,26)(H,24,28). The van der Waals surface area contributed by atoms with E-state index in [9.17, 15) is 14.4 Å². The third-order valence-corrected chi connectivity index (χ3v) is 4.68. The minimum absolute atomic E-state index is 0.0361. The van der Waals surface area contributed by atoms with Crippen molar-refractivity contribution in [1.29, 1.82) is 0 Å². The first-order valence-electron chi connectivity index (χ1n) is 10.4. The summed E-state index contributed by atoms with van der Waals surface area (Å²) in [5.41, 5.74) is -0.594. The third kappa shape index (κ3) is 9.15. The number of hydrogen-bond donors (Lipinski definition) is 2. The van der Waals surface area contributed by atoms with Crippen molar-refractivity contribution >= 4 is 17.9 Å². The van der Waals surface area contributed by atoms with Crippen LogP contribution in [0.2, 0.25) is 0 Å². The van der Waals surface area contributed by atoms with Gasteiger partial charge in [0.25, 0.3) is 0 Å². The van der Waals surface area contributed by atoms with Crippen LogP contribution < -0.4 is 15.4 Å². The van der Waals surface area contributed by atoms with Crippen LogP contribution in [-0.2, 0) is 14.3 Å². The predicted octanol–water partition coefficient (Wildman–Crippen LogP) is 2.34. The molecule has 0 unspecified atom stereocenters.